The van der Waals surface area contributed by atoms with Crippen molar-refractivity contribution >= 4 is 21.8 Å². The molecule has 8 nitrogen and oxygen atoms in total. The lowest BCUT2D eigenvalue weighted by Crippen LogP contribution is -2.48. The topological polar surface area (TPSA) is 106 Å². The number of nitrogens with zero attached hydrogens (tertiary/aromatic N) is 2. The molecule has 136 valence electrons. The van der Waals surface area contributed by atoms with E-state index >= 15 is 0 Å². The van der Waals surface area contributed by atoms with Gasteiger partial charge in [0.15, 0.2) is 0 Å². The molecule has 0 spiro atoms. The predicted molar refractivity (Wildman–Crippen MR) is 88.8 cm³/mol. The second-order valence-electron chi connectivity index (χ2n) is 7.12. The second kappa shape index (κ2) is 6.06. The summed E-state index contributed by atoms with van der Waals surface area (Å²) < 4.78 is 37.8. The number of amides is 1. The van der Waals surface area contributed by atoms with Gasteiger partial charge in [-0.25, -0.2) is 13.2 Å². The number of sulfonamides is 1. The van der Waals surface area contributed by atoms with Crippen molar-refractivity contribution in [2.45, 2.75) is 62.4 Å². The highest BCUT2D eigenvalue weighted by molar-refractivity contribution is 7.89. The molecule has 1 aromatic rings. The third-order valence-electron chi connectivity index (χ3n) is 4.12. The molecule has 2 aliphatic rings. The fraction of sp³-hybridized carbons (Fsp3) is 0.562. The minimum absolute atomic E-state index is 0.0235. The molecule has 1 aromatic carbocycles. The van der Waals surface area contributed by atoms with Crippen molar-refractivity contribution in [1.29, 1.82) is 0 Å². The zero-order valence-corrected chi connectivity index (χ0v) is 15.0. The molecule has 0 aromatic heterocycles. The number of epoxide rings is 1. The highest BCUT2D eigenvalue weighted by Gasteiger charge is 2.57. The summed E-state index contributed by atoms with van der Waals surface area (Å²) in [4.78, 5) is 23.4. The Morgan fingerprint density at radius 2 is 1.96 bits per heavy atom. The predicted octanol–water partition coefficient (Wildman–Crippen LogP) is 2.94. The van der Waals surface area contributed by atoms with Gasteiger partial charge < -0.3 is 9.47 Å². The minimum Gasteiger partial charge on any atom is -0.443 e. The standard InChI is InChI=1S/C16H20N2O6S/c1-16(2,3)24-15(19)18(11-8-9-12-14(11)23-12)25(21,22)13-7-5-4-6-10(13)17-20/h4-7,11-12,14H,8-9H2,1-3H3/t11-,12-,14+/m0/s1. The van der Waals surface area contributed by atoms with Crippen molar-refractivity contribution in [1.82, 2.24) is 4.31 Å². The van der Waals surface area contributed by atoms with E-state index < -0.39 is 27.8 Å². The number of benzene rings is 1. The summed E-state index contributed by atoms with van der Waals surface area (Å²) in [6.45, 7) is 4.96. The monoisotopic (exact) mass is 368 g/mol. The average Bonchev–Trinajstić information content (AvgIpc) is 3.19. The number of hydrogen-bond donors (Lipinski definition) is 0. The zero-order valence-electron chi connectivity index (χ0n) is 14.2. The quantitative estimate of drug-likeness (QED) is 0.597. The van der Waals surface area contributed by atoms with Gasteiger partial charge in [0, 0.05) is 0 Å². The molecule has 1 heterocycles. The molecule has 1 aliphatic heterocycles. The molecule has 9 heteroatoms. The largest absolute Gasteiger partial charge is 0.443 e. The number of fused-ring (bicyclic) bond motifs is 1. The van der Waals surface area contributed by atoms with Crippen LogP contribution in [-0.4, -0.2) is 42.7 Å². The van der Waals surface area contributed by atoms with Gasteiger partial charge in [-0.15, -0.1) is 4.91 Å². The summed E-state index contributed by atoms with van der Waals surface area (Å²) >= 11 is 0. The van der Waals surface area contributed by atoms with Crippen LogP contribution in [0.4, 0.5) is 10.5 Å². The van der Waals surface area contributed by atoms with Crippen LogP contribution in [0, 0.1) is 4.91 Å². The lowest BCUT2D eigenvalue weighted by atomic mass is 10.2. The number of rotatable bonds is 4. The number of carbonyl (C=O) groups is 1. The van der Waals surface area contributed by atoms with Crippen molar-refractivity contribution in [3.63, 3.8) is 0 Å². The van der Waals surface area contributed by atoms with E-state index in [1.165, 1.54) is 24.3 Å². The first-order valence-electron chi connectivity index (χ1n) is 8.00. The summed E-state index contributed by atoms with van der Waals surface area (Å²) in [5.74, 6) is 0. The SMILES string of the molecule is CC(C)(C)OC(=O)N([C@H]1CC[C@@H]2O[C@@H]21)S(=O)(=O)c1ccccc1N=O. The van der Waals surface area contributed by atoms with Crippen LogP contribution in [0.25, 0.3) is 0 Å². The van der Waals surface area contributed by atoms with Crippen LogP contribution in [0.2, 0.25) is 0 Å². The Morgan fingerprint density at radius 1 is 1.28 bits per heavy atom. The number of nitroso groups, excluding NO2 is 1. The van der Waals surface area contributed by atoms with Crippen LogP contribution in [0.5, 0.6) is 0 Å². The first-order valence-corrected chi connectivity index (χ1v) is 9.44. The van der Waals surface area contributed by atoms with Crippen LogP contribution < -0.4 is 0 Å². The lowest BCUT2D eigenvalue weighted by molar-refractivity contribution is 0.0311. The molecule has 1 saturated carbocycles. The molecule has 1 saturated heterocycles. The van der Waals surface area contributed by atoms with E-state index in [0.717, 1.165) is 4.31 Å². The maximum atomic E-state index is 13.2. The van der Waals surface area contributed by atoms with Crippen LogP contribution in [0.1, 0.15) is 33.6 Å². The summed E-state index contributed by atoms with van der Waals surface area (Å²) in [7, 11) is -4.32. The molecule has 25 heavy (non-hydrogen) atoms. The lowest BCUT2D eigenvalue weighted by Gasteiger charge is -2.31. The number of hydrogen-bond acceptors (Lipinski definition) is 7. The van der Waals surface area contributed by atoms with E-state index in [2.05, 4.69) is 5.18 Å². The Kier molecular flexibility index (Phi) is 4.32. The Bertz CT molecular complexity index is 801. The summed E-state index contributed by atoms with van der Waals surface area (Å²) in [5, 5.41) is 2.77. The van der Waals surface area contributed by atoms with Gasteiger partial charge >= 0.3 is 6.09 Å². The van der Waals surface area contributed by atoms with Crippen molar-refractivity contribution in [2.24, 2.45) is 5.18 Å². The molecular formula is C16H20N2O6S. The van der Waals surface area contributed by atoms with Crippen molar-refractivity contribution in [3.8, 4) is 0 Å². The van der Waals surface area contributed by atoms with E-state index in [0.29, 0.717) is 12.8 Å². The third kappa shape index (κ3) is 3.38. The number of ether oxygens (including phenoxy) is 2. The fourth-order valence-corrected chi connectivity index (χ4v) is 4.70. The number of carbonyl (C=O) groups excluding carboxylic acids is 1. The van der Waals surface area contributed by atoms with Gasteiger partial charge in [0.1, 0.15) is 22.3 Å². The molecule has 1 amide bonds. The van der Waals surface area contributed by atoms with Crippen LogP contribution >= 0.6 is 0 Å². The van der Waals surface area contributed by atoms with Gasteiger partial charge in [0.25, 0.3) is 10.0 Å². The Morgan fingerprint density at radius 3 is 2.48 bits per heavy atom. The van der Waals surface area contributed by atoms with Gasteiger partial charge in [-0.05, 0) is 50.9 Å². The van der Waals surface area contributed by atoms with E-state index in [4.69, 9.17) is 9.47 Å². The Labute approximate surface area is 146 Å². The van der Waals surface area contributed by atoms with Crippen molar-refractivity contribution < 1.29 is 22.7 Å². The normalized spacial score (nSPS) is 25.2. The molecular weight excluding hydrogens is 348 g/mol. The third-order valence-corrected chi connectivity index (χ3v) is 5.96. The van der Waals surface area contributed by atoms with Crippen molar-refractivity contribution in [3.05, 3.63) is 29.2 Å². The minimum atomic E-state index is -4.32. The molecule has 0 N–H and O–H groups in total. The van der Waals surface area contributed by atoms with Crippen LogP contribution in [0.3, 0.4) is 0 Å². The molecule has 0 radical (unpaired) electrons. The summed E-state index contributed by atoms with van der Waals surface area (Å²) in [5.41, 5.74) is -1.11. The van der Waals surface area contributed by atoms with Crippen LogP contribution in [0.15, 0.2) is 34.3 Å². The van der Waals surface area contributed by atoms with E-state index in [-0.39, 0.29) is 22.8 Å². The zero-order chi connectivity index (χ0) is 18.4. The van der Waals surface area contributed by atoms with E-state index in [1.54, 1.807) is 20.8 Å². The molecule has 3 rings (SSSR count). The molecule has 2 fully saturated rings. The molecule has 1 aliphatic carbocycles. The first kappa shape index (κ1) is 17.8. The highest BCUT2D eigenvalue weighted by Crippen LogP contribution is 2.44. The van der Waals surface area contributed by atoms with Gasteiger partial charge in [-0.3, -0.25) is 0 Å². The molecule has 0 bridgehead atoms. The average molecular weight is 368 g/mol. The fourth-order valence-electron chi connectivity index (χ4n) is 3.05. The summed E-state index contributed by atoms with van der Waals surface area (Å²) in [6, 6.07) is 4.87. The van der Waals surface area contributed by atoms with E-state index in [1.807, 2.05) is 0 Å². The van der Waals surface area contributed by atoms with E-state index in [9.17, 15) is 18.1 Å². The summed E-state index contributed by atoms with van der Waals surface area (Å²) in [6.07, 6.45) is -0.153. The maximum absolute atomic E-state index is 13.2. The maximum Gasteiger partial charge on any atom is 0.424 e. The van der Waals surface area contributed by atoms with Gasteiger partial charge in [-0.2, -0.15) is 4.31 Å². The smallest absolute Gasteiger partial charge is 0.424 e. The Balaban J connectivity index is 2.04. The highest BCUT2D eigenvalue weighted by atomic mass is 32.2. The first-order chi connectivity index (χ1) is 11.6. The second-order valence-corrected chi connectivity index (χ2v) is 8.91. The van der Waals surface area contributed by atoms with Gasteiger partial charge in [0.2, 0.25) is 0 Å². The van der Waals surface area contributed by atoms with Crippen molar-refractivity contribution in [2.75, 3.05) is 0 Å². The van der Waals surface area contributed by atoms with Crippen LogP contribution in [-0.2, 0) is 19.5 Å². The van der Waals surface area contributed by atoms with Gasteiger partial charge in [-0.1, -0.05) is 12.1 Å². The Hall–Kier alpha value is -2.00. The molecule has 3 atom stereocenters. The molecule has 0 unspecified atom stereocenters. The van der Waals surface area contributed by atoms with Gasteiger partial charge in [0.05, 0.1) is 12.1 Å².